The molecule has 2 atom stereocenters. The third-order valence-corrected chi connectivity index (χ3v) is 5.09. The Hall–Kier alpha value is -1.68. The van der Waals surface area contributed by atoms with Crippen LogP contribution in [0.1, 0.15) is 32.1 Å². The van der Waals surface area contributed by atoms with Crippen molar-refractivity contribution in [1.82, 2.24) is 4.90 Å². The largest absolute Gasteiger partial charge is 0.493 e. The molecule has 132 valence electrons. The van der Waals surface area contributed by atoms with Crippen molar-refractivity contribution >= 4 is 0 Å². The Morgan fingerprint density at radius 1 is 1.08 bits per heavy atom. The van der Waals surface area contributed by atoms with Gasteiger partial charge in [0.05, 0.1) is 19.8 Å². The van der Waals surface area contributed by atoms with E-state index in [0.717, 1.165) is 36.4 Å². The minimum atomic E-state index is -0.179. The van der Waals surface area contributed by atoms with Gasteiger partial charge in [0.2, 0.25) is 0 Å². The fourth-order valence-corrected chi connectivity index (χ4v) is 3.38. The molecular weight excluding hydrogens is 302 g/mol. The van der Waals surface area contributed by atoms with E-state index in [1.807, 2.05) is 30.3 Å². The second-order valence-corrected chi connectivity index (χ2v) is 7.05. The molecule has 0 aromatic heterocycles. The van der Waals surface area contributed by atoms with E-state index in [0.29, 0.717) is 0 Å². The Bertz CT molecular complexity index is 568. The summed E-state index contributed by atoms with van der Waals surface area (Å²) in [5.41, 5.74) is 1.38. The summed E-state index contributed by atoms with van der Waals surface area (Å²) in [6.07, 6.45) is 7.90. The number of hydrogen-bond donors (Lipinski definition) is 1. The molecule has 24 heavy (non-hydrogen) atoms. The van der Waals surface area contributed by atoms with Crippen LogP contribution in [0.3, 0.4) is 0 Å². The first-order valence-corrected chi connectivity index (χ1v) is 9.04. The second-order valence-electron chi connectivity index (χ2n) is 7.05. The number of aliphatic hydroxyl groups is 1. The maximum absolute atomic E-state index is 9.37. The zero-order valence-electron chi connectivity index (χ0n) is 14.8. The number of fused-ring (bicyclic) bond motifs is 1. The molecule has 2 aliphatic carbocycles. The molecule has 0 radical (unpaired) electrons. The highest BCUT2D eigenvalue weighted by atomic mass is 16.5. The second kappa shape index (κ2) is 7.93. The lowest BCUT2D eigenvalue weighted by Crippen LogP contribution is -2.20. The van der Waals surface area contributed by atoms with E-state index in [9.17, 15) is 5.11 Å². The van der Waals surface area contributed by atoms with E-state index in [-0.39, 0.29) is 6.10 Å². The highest BCUT2D eigenvalue weighted by Gasteiger charge is 2.29. The van der Waals surface area contributed by atoms with Gasteiger partial charge >= 0.3 is 0 Å². The van der Waals surface area contributed by atoms with Gasteiger partial charge in [-0.15, -0.1) is 0 Å². The Morgan fingerprint density at radius 2 is 1.83 bits per heavy atom. The zero-order valence-corrected chi connectivity index (χ0v) is 14.8. The maximum atomic E-state index is 9.37. The molecule has 4 rings (SSSR count). The van der Waals surface area contributed by atoms with Crippen molar-refractivity contribution < 1.29 is 14.6 Å². The number of para-hydroxylation sites is 2. The molecule has 1 aliphatic heterocycles. The van der Waals surface area contributed by atoms with Crippen LogP contribution >= 0.6 is 0 Å². The van der Waals surface area contributed by atoms with Crippen LogP contribution in [0.4, 0.5) is 0 Å². The summed E-state index contributed by atoms with van der Waals surface area (Å²) in [5.74, 6) is 3.22. The lowest BCUT2D eigenvalue weighted by atomic mass is 9.91. The van der Waals surface area contributed by atoms with Crippen LogP contribution in [0.5, 0.6) is 11.5 Å². The number of hydrogen-bond acceptors (Lipinski definition) is 4. The Balaban J connectivity index is 0.000000143. The summed E-state index contributed by atoms with van der Waals surface area (Å²) in [7, 11) is 3.78. The van der Waals surface area contributed by atoms with E-state index in [1.54, 1.807) is 7.11 Å². The number of ether oxygens (including phenoxy) is 2. The normalized spacial score (nSPS) is 25.3. The van der Waals surface area contributed by atoms with Gasteiger partial charge in [0.15, 0.2) is 11.5 Å². The van der Waals surface area contributed by atoms with Crippen molar-refractivity contribution in [3.05, 3.63) is 36.0 Å². The van der Waals surface area contributed by atoms with Crippen LogP contribution in [0, 0.1) is 11.8 Å². The molecule has 1 aromatic rings. The minimum absolute atomic E-state index is 0.179. The highest BCUT2D eigenvalue weighted by Crippen LogP contribution is 2.34. The van der Waals surface area contributed by atoms with Gasteiger partial charge < -0.3 is 19.5 Å². The monoisotopic (exact) mass is 331 g/mol. The van der Waals surface area contributed by atoms with Crippen molar-refractivity contribution in [2.45, 2.75) is 38.2 Å². The van der Waals surface area contributed by atoms with Crippen molar-refractivity contribution in [1.29, 1.82) is 0 Å². The number of aliphatic hydroxyl groups excluding tert-OH is 1. The average Bonchev–Trinajstić information content (AvgIpc) is 3.37. The molecule has 0 bridgehead atoms. The SMILES string of the molecule is CN1CCC2CCC(O)C=C21.COc1ccccc1OCC1CC1. The maximum Gasteiger partial charge on any atom is 0.161 e. The van der Waals surface area contributed by atoms with Crippen LogP contribution in [-0.4, -0.2) is 43.4 Å². The first-order chi connectivity index (χ1) is 11.7. The first-order valence-electron chi connectivity index (χ1n) is 9.04. The third-order valence-electron chi connectivity index (χ3n) is 5.09. The van der Waals surface area contributed by atoms with Gasteiger partial charge in [0.1, 0.15) is 0 Å². The number of allylic oxidation sites excluding steroid dienone is 1. The molecule has 1 saturated heterocycles. The van der Waals surface area contributed by atoms with E-state index in [1.165, 1.54) is 37.9 Å². The van der Waals surface area contributed by atoms with Crippen molar-refractivity contribution in [2.24, 2.45) is 11.8 Å². The number of likely N-dealkylation sites (tertiary alicyclic amines) is 1. The van der Waals surface area contributed by atoms with Crippen LogP contribution in [-0.2, 0) is 0 Å². The van der Waals surface area contributed by atoms with Gasteiger partial charge in [-0.05, 0) is 56.2 Å². The quantitative estimate of drug-likeness (QED) is 0.917. The van der Waals surface area contributed by atoms with Crippen molar-refractivity contribution in [3.63, 3.8) is 0 Å². The minimum Gasteiger partial charge on any atom is -0.493 e. The fourth-order valence-electron chi connectivity index (χ4n) is 3.38. The molecule has 1 N–H and O–H groups in total. The van der Waals surface area contributed by atoms with Gasteiger partial charge in [0.25, 0.3) is 0 Å². The summed E-state index contributed by atoms with van der Waals surface area (Å²) in [6.45, 7) is 2.00. The van der Waals surface area contributed by atoms with Gasteiger partial charge in [-0.1, -0.05) is 12.1 Å². The third kappa shape index (κ3) is 4.44. The van der Waals surface area contributed by atoms with Crippen molar-refractivity contribution in [3.8, 4) is 11.5 Å². The Morgan fingerprint density at radius 3 is 2.54 bits per heavy atom. The fraction of sp³-hybridized carbons (Fsp3) is 0.600. The van der Waals surface area contributed by atoms with Gasteiger partial charge in [0, 0.05) is 25.2 Å². The molecule has 4 nitrogen and oxygen atoms in total. The van der Waals surface area contributed by atoms with Crippen LogP contribution in [0.15, 0.2) is 36.0 Å². The van der Waals surface area contributed by atoms with Gasteiger partial charge in [-0.25, -0.2) is 0 Å². The summed E-state index contributed by atoms with van der Waals surface area (Å²) >= 11 is 0. The predicted octanol–water partition coefficient (Wildman–Crippen LogP) is 3.46. The van der Waals surface area contributed by atoms with E-state index >= 15 is 0 Å². The molecule has 2 unspecified atom stereocenters. The molecule has 1 heterocycles. The van der Waals surface area contributed by atoms with Gasteiger partial charge in [-0.2, -0.15) is 0 Å². The van der Waals surface area contributed by atoms with Crippen LogP contribution in [0.2, 0.25) is 0 Å². The van der Waals surface area contributed by atoms with Crippen LogP contribution in [0.25, 0.3) is 0 Å². The lowest BCUT2D eigenvalue weighted by molar-refractivity contribution is 0.189. The standard InChI is InChI=1S/C11H14O2.C9H15NO/c1-12-10-4-2-3-5-11(10)13-8-9-6-7-9;1-10-5-4-7-2-3-8(11)6-9(7)10/h2-5,9H,6-8H2,1H3;6-8,11H,2-5H2,1H3. The molecule has 1 saturated carbocycles. The van der Waals surface area contributed by atoms with E-state index in [2.05, 4.69) is 11.9 Å². The predicted molar refractivity (Wildman–Crippen MR) is 95.3 cm³/mol. The molecule has 3 aliphatic rings. The zero-order chi connectivity index (χ0) is 16.9. The van der Waals surface area contributed by atoms with E-state index in [4.69, 9.17) is 9.47 Å². The number of rotatable bonds is 4. The first kappa shape index (κ1) is 17.2. The molecule has 0 amide bonds. The molecule has 4 heteroatoms. The topological polar surface area (TPSA) is 41.9 Å². The van der Waals surface area contributed by atoms with E-state index < -0.39 is 0 Å². The van der Waals surface area contributed by atoms with Gasteiger partial charge in [-0.3, -0.25) is 0 Å². The average molecular weight is 331 g/mol. The summed E-state index contributed by atoms with van der Waals surface area (Å²) in [4.78, 5) is 2.27. The highest BCUT2D eigenvalue weighted by molar-refractivity contribution is 5.39. The van der Waals surface area contributed by atoms with Crippen molar-refractivity contribution in [2.75, 3.05) is 27.3 Å². The summed E-state index contributed by atoms with van der Waals surface area (Å²) in [6, 6.07) is 7.77. The summed E-state index contributed by atoms with van der Waals surface area (Å²) in [5, 5.41) is 9.37. The molecule has 1 aromatic carbocycles. The number of nitrogens with zero attached hydrogens (tertiary/aromatic N) is 1. The smallest absolute Gasteiger partial charge is 0.161 e. The lowest BCUT2D eigenvalue weighted by Gasteiger charge is -2.24. The molecular formula is C20H29NO3. The number of benzene rings is 1. The molecule has 2 fully saturated rings. The van der Waals surface area contributed by atoms with Crippen LogP contribution < -0.4 is 9.47 Å². The Kier molecular flexibility index (Phi) is 5.67. The molecule has 0 spiro atoms. The number of methoxy groups -OCH3 is 1. The Labute approximate surface area is 145 Å². The summed E-state index contributed by atoms with van der Waals surface area (Å²) < 4.78 is 10.8.